The standard InChI is InChI=1S/C27H31N3O8S2/c1-36-23-7-11-26(12-8-23)40(34,35)30(22-5-3-2-4-6-22)21-27(31)28-15-18-38-24-9-13-25(14-10-24)39(32,33)29-16-19-37-20-17-29/h2-14H,15-21H2,1H3,(H,28,31). The van der Waals surface area contributed by atoms with E-state index >= 15 is 0 Å². The van der Waals surface area contributed by atoms with Gasteiger partial charge >= 0.3 is 0 Å². The van der Waals surface area contributed by atoms with E-state index in [1.165, 1.54) is 47.8 Å². The van der Waals surface area contributed by atoms with Crippen LogP contribution in [0, 0.1) is 0 Å². The molecule has 0 radical (unpaired) electrons. The summed E-state index contributed by atoms with van der Waals surface area (Å²) in [7, 11) is -6.16. The van der Waals surface area contributed by atoms with E-state index in [9.17, 15) is 21.6 Å². The van der Waals surface area contributed by atoms with Gasteiger partial charge in [-0.3, -0.25) is 9.10 Å². The first-order chi connectivity index (χ1) is 19.2. The summed E-state index contributed by atoms with van der Waals surface area (Å²) < 4.78 is 70.7. The molecule has 0 saturated carbocycles. The first-order valence-corrected chi connectivity index (χ1v) is 15.4. The smallest absolute Gasteiger partial charge is 0.264 e. The van der Waals surface area contributed by atoms with Crippen molar-refractivity contribution in [2.45, 2.75) is 9.79 Å². The van der Waals surface area contributed by atoms with Crippen LogP contribution in [-0.2, 0) is 29.6 Å². The van der Waals surface area contributed by atoms with E-state index in [-0.39, 0.29) is 22.9 Å². The molecule has 1 N–H and O–H groups in total. The first-order valence-electron chi connectivity index (χ1n) is 12.5. The second-order valence-electron chi connectivity index (χ2n) is 8.71. The number of hydrogen-bond acceptors (Lipinski definition) is 8. The molecule has 214 valence electrons. The number of anilines is 1. The molecule has 0 bridgehead atoms. The predicted octanol–water partition coefficient (Wildman–Crippen LogP) is 2.11. The lowest BCUT2D eigenvalue weighted by Crippen LogP contribution is -2.41. The normalized spacial score (nSPS) is 14.3. The molecule has 0 spiro atoms. The third-order valence-electron chi connectivity index (χ3n) is 6.10. The third kappa shape index (κ3) is 7.10. The Balaban J connectivity index is 1.33. The molecule has 1 amide bonds. The summed E-state index contributed by atoms with van der Waals surface area (Å²) >= 11 is 0. The SMILES string of the molecule is COc1ccc(S(=O)(=O)N(CC(=O)NCCOc2ccc(S(=O)(=O)N3CCOCC3)cc2)c2ccccc2)cc1. The zero-order valence-corrected chi connectivity index (χ0v) is 23.6. The first kappa shape index (κ1) is 29.3. The van der Waals surface area contributed by atoms with Crippen LogP contribution in [0.15, 0.2) is 88.7 Å². The van der Waals surface area contributed by atoms with Crippen LogP contribution < -0.4 is 19.1 Å². The van der Waals surface area contributed by atoms with Gasteiger partial charge in [0.1, 0.15) is 24.7 Å². The second kappa shape index (κ2) is 13.1. The lowest BCUT2D eigenvalue weighted by molar-refractivity contribution is -0.119. The van der Waals surface area contributed by atoms with Gasteiger partial charge in [0, 0.05) is 13.1 Å². The number of nitrogens with one attached hydrogen (secondary N) is 1. The topological polar surface area (TPSA) is 132 Å². The van der Waals surface area contributed by atoms with Crippen LogP contribution in [0.3, 0.4) is 0 Å². The molecule has 1 aliphatic heterocycles. The van der Waals surface area contributed by atoms with Gasteiger partial charge in [-0.05, 0) is 60.7 Å². The van der Waals surface area contributed by atoms with Crippen LogP contribution >= 0.6 is 0 Å². The number of sulfonamides is 2. The zero-order chi connectivity index (χ0) is 28.6. The molecule has 3 aromatic carbocycles. The predicted molar refractivity (Wildman–Crippen MR) is 148 cm³/mol. The van der Waals surface area contributed by atoms with Gasteiger partial charge in [-0.15, -0.1) is 0 Å². The number of nitrogens with zero attached hydrogens (tertiary/aromatic N) is 2. The second-order valence-corrected chi connectivity index (χ2v) is 12.5. The van der Waals surface area contributed by atoms with Crippen molar-refractivity contribution < 1.29 is 35.8 Å². The lowest BCUT2D eigenvalue weighted by Gasteiger charge is -2.26. The molecule has 1 aliphatic rings. The van der Waals surface area contributed by atoms with Gasteiger partial charge in [0.05, 0.1) is 42.3 Å². The molecule has 11 nitrogen and oxygen atoms in total. The van der Waals surface area contributed by atoms with Crippen molar-refractivity contribution in [3.05, 3.63) is 78.9 Å². The largest absolute Gasteiger partial charge is 0.497 e. The number of methoxy groups -OCH3 is 1. The van der Waals surface area contributed by atoms with E-state index < -0.39 is 32.5 Å². The van der Waals surface area contributed by atoms with Crippen LogP contribution in [0.1, 0.15) is 0 Å². The Morgan fingerprint density at radius 1 is 0.875 bits per heavy atom. The van der Waals surface area contributed by atoms with Gasteiger partial charge in [0.25, 0.3) is 10.0 Å². The maximum Gasteiger partial charge on any atom is 0.264 e. The molecular formula is C27H31N3O8S2. The van der Waals surface area contributed by atoms with Gasteiger partial charge in [-0.25, -0.2) is 16.8 Å². The van der Waals surface area contributed by atoms with E-state index in [0.717, 1.165) is 4.31 Å². The number of para-hydroxylation sites is 1. The molecule has 13 heteroatoms. The molecule has 4 rings (SSSR count). The molecule has 0 atom stereocenters. The molecule has 3 aromatic rings. The summed E-state index contributed by atoms with van der Waals surface area (Å²) in [5.74, 6) is 0.427. The molecule has 1 saturated heterocycles. The Hall–Kier alpha value is -3.65. The third-order valence-corrected chi connectivity index (χ3v) is 9.80. The molecule has 0 aromatic heterocycles. The van der Waals surface area contributed by atoms with E-state index in [0.29, 0.717) is 43.5 Å². The summed E-state index contributed by atoms with van der Waals surface area (Å²) in [6, 6.07) is 20.3. The fourth-order valence-corrected chi connectivity index (χ4v) is 6.80. The number of morpholine rings is 1. The highest BCUT2D eigenvalue weighted by atomic mass is 32.2. The van der Waals surface area contributed by atoms with E-state index in [1.807, 2.05) is 0 Å². The highest BCUT2D eigenvalue weighted by molar-refractivity contribution is 7.92. The highest BCUT2D eigenvalue weighted by Gasteiger charge is 2.28. The average Bonchev–Trinajstić information content (AvgIpc) is 2.99. The van der Waals surface area contributed by atoms with Gasteiger partial charge in [0.2, 0.25) is 15.9 Å². The van der Waals surface area contributed by atoms with Crippen LogP contribution in [0.2, 0.25) is 0 Å². The number of benzene rings is 3. The number of amides is 1. The van der Waals surface area contributed by atoms with E-state index in [2.05, 4.69) is 5.32 Å². The van der Waals surface area contributed by atoms with Gasteiger partial charge in [0.15, 0.2) is 0 Å². The Morgan fingerprint density at radius 2 is 1.48 bits per heavy atom. The molecule has 1 heterocycles. The summed E-state index contributed by atoms with van der Waals surface area (Å²) in [6.45, 7) is 1.11. The molecule has 1 fully saturated rings. The van der Waals surface area contributed by atoms with Crippen molar-refractivity contribution in [2.75, 3.05) is 57.4 Å². The summed E-state index contributed by atoms with van der Waals surface area (Å²) in [4.78, 5) is 12.9. The minimum absolute atomic E-state index is 0.0207. The summed E-state index contributed by atoms with van der Waals surface area (Å²) in [5.41, 5.74) is 0.344. The number of hydrogen-bond donors (Lipinski definition) is 1. The maximum absolute atomic E-state index is 13.4. The molecule has 40 heavy (non-hydrogen) atoms. The van der Waals surface area contributed by atoms with Crippen molar-refractivity contribution in [3.8, 4) is 11.5 Å². The van der Waals surface area contributed by atoms with Crippen LogP contribution in [0.5, 0.6) is 11.5 Å². The van der Waals surface area contributed by atoms with Crippen LogP contribution in [0.25, 0.3) is 0 Å². The monoisotopic (exact) mass is 589 g/mol. The Morgan fingerprint density at radius 3 is 2.10 bits per heavy atom. The molecular weight excluding hydrogens is 558 g/mol. The lowest BCUT2D eigenvalue weighted by atomic mass is 10.3. The van der Waals surface area contributed by atoms with Crippen molar-refractivity contribution in [1.82, 2.24) is 9.62 Å². The zero-order valence-electron chi connectivity index (χ0n) is 21.9. The number of rotatable bonds is 12. The van der Waals surface area contributed by atoms with E-state index in [4.69, 9.17) is 14.2 Å². The highest BCUT2D eigenvalue weighted by Crippen LogP contribution is 2.25. The Bertz CT molecular complexity index is 1470. The fourth-order valence-electron chi connectivity index (χ4n) is 3.97. The molecule has 0 unspecified atom stereocenters. The fraction of sp³-hybridized carbons (Fsp3) is 0.296. The number of ether oxygens (including phenoxy) is 3. The van der Waals surface area contributed by atoms with Gasteiger partial charge < -0.3 is 19.5 Å². The minimum atomic E-state index is -4.05. The molecule has 0 aliphatic carbocycles. The van der Waals surface area contributed by atoms with Crippen molar-refractivity contribution >= 4 is 31.6 Å². The van der Waals surface area contributed by atoms with Crippen LogP contribution in [-0.4, -0.2) is 80.2 Å². The van der Waals surface area contributed by atoms with Crippen molar-refractivity contribution in [2.24, 2.45) is 0 Å². The van der Waals surface area contributed by atoms with E-state index in [1.54, 1.807) is 42.5 Å². The van der Waals surface area contributed by atoms with Crippen LogP contribution in [0.4, 0.5) is 5.69 Å². The van der Waals surface area contributed by atoms with Gasteiger partial charge in [-0.2, -0.15) is 4.31 Å². The number of carbonyl (C=O) groups is 1. The van der Waals surface area contributed by atoms with Gasteiger partial charge in [-0.1, -0.05) is 18.2 Å². The quantitative estimate of drug-likeness (QED) is 0.318. The number of carbonyl (C=O) groups excluding carboxylic acids is 1. The Kier molecular flexibility index (Phi) is 9.63. The summed E-state index contributed by atoms with van der Waals surface area (Å²) in [5, 5.41) is 2.67. The minimum Gasteiger partial charge on any atom is -0.497 e. The van der Waals surface area contributed by atoms with Crippen molar-refractivity contribution in [1.29, 1.82) is 0 Å². The average molecular weight is 590 g/mol. The summed E-state index contributed by atoms with van der Waals surface area (Å²) in [6.07, 6.45) is 0. The maximum atomic E-state index is 13.4. The van der Waals surface area contributed by atoms with Crippen molar-refractivity contribution in [3.63, 3.8) is 0 Å². The Labute approximate surface area is 234 Å².